The van der Waals surface area contributed by atoms with E-state index in [2.05, 4.69) is 19.9 Å². The quantitative estimate of drug-likeness (QED) is 0.588. The van der Waals surface area contributed by atoms with Gasteiger partial charge in [0.25, 0.3) is 0 Å². The molecule has 0 amide bonds. The molecule has 7 nitrogen and oxygen atoms in total. The van der Waals surface area contributed by atoms with E-state index < -0.39 is 0 Å². The van der Waals surface area contributed by atoms with Crippen LogP contribution < -0.4 is 10.8 Å². The highest BCUT2D eigenvalue weighted by molar-refractivity contribution is 5.82. The van der Waals surface area contributed by atoms with Crippen molar-refractivity contribution in [1.29, 1.82) is 0 Å². The van der Waals surface area contributed by atoms with Crippen molar-refractivity contribution in [1.82, 2.24) is 19.9 Å². The molecule has 0 fully saturated rings. The second-order valence-corrected chi connectivity index (χ2v) is 2.73. The standard InChI is InChI=1S/C7H10N6O/c1-2-13(14)7-11-4-5(8)9-3-10-6(4)12-7/h3,14H,2H2,1H3,(H3,8,9,10,11,12). The summed E-state index contributed by atoms with van der Waals surface area (Å²) in [6, 6.07) is 0. The fourth-order valence-electron chi connectivity index (χ4n) is 1.11. The third-order valence-electron chi connectivity index (χ3n) is 1.85. The number of fused-ring (bicyclic) bond motifs is 1. The molecule has 14 heavy (non-hydrogen) atoms. The Morgan fingerprint density at radius 3 is 3.00 bits per heavy atom. The highest BCUT2D eigenvalue weighted by Gasteiger charge is 2.10. The summed E-state index contributed by atoms with van der Waals surface area (Å²) in [5, 5.41) is 10.3. The van der Waals surface area contributed by atoms with E-state index in [0.717, 1.165) is 5.06 Å². The molecule has 0 aliphatic heterocycles. The average molecular weight is 194 g/mol. The van der Waals surface area contributed by atoms with Gasteiger partial charge in [-0.2, -0.15) is 4.98 Å². The van der Waals surface area contributed by atoms with Crippen molar-refractivity contribution in [2.45, 2.75) is 6.92 Å². The van der Waals surface area contributed by atoms with Crippen LogP contribution in [0.2, 0.25) is 0 Å². The fraction of sp³-hybridized carbons (Fsp3) is 0.286. The molecule has 0 atom stereocenters. The highest BCUT2D eigenvalue weighted by atomic mass is 16.5. The number of rotatable bonds is 2. The maximum atomic E-state index is 9.37. The summed E-state index contributed by atoms with van der Waals surface area (Å²) in [5.74, 6) is 0.632. The Morgan fingerprint density at radius 2 is 2.36 bits per heavy atom. The zero-order chi connectivity index (χ0) is 10.1. The molecule has 7 heteroatoms. The molecule has 2 rings (SSSR count). The summed E-state index contributed by atoms with van der Waals surface area (Å²) in [4.78, 5) is 14.6. The molecule has 0 saturated heterocycles. The second-order valence-electron chi connectivity index (χ2n) is 2.73. The van der Waals surface area contributed by atoms with Crippen LogP contribution >= 0.6 is 0 Å². The molecule has 0 aliphatic carbocycles. The van der Waals surface area contributed by atoms with Gasteiger partial charge in [-0.3, -0.25) is 5.21 Å². The normalized spacial score (nSPS) is 10.7. The zero-order valence-corrected chi connectivity index (χ0v) is 7.60. The van der Waals surface area contributed by atoms with Gasteiger partial charge in [0.05, 0.1) is 0 Å². The van der Waals surface area contributed by atoms with Crippen LogP contribution in [-0.4, -0.2) is 31.7 Å². The van der Waals surface area contributed by atoms with Crippen LogP contribution in [0.15, 0.2) is 6.33 Å². The largest absolute Gasteiger partial charge is 0.382 e. The van der Waals surface area contributed by atoms with Crippen molar-refractivity contribution < 1.29 is 5.21 Å². The molecule has 2 heterocycles. The minimum Gasteiger partial charge on any atom is -0.382 e. The summed E-state index contributed by atoms with van der Waals surface area (Å²) < 4.78 is 0. The number of hydrogen-bond donors (Lipinski definition) is 3. The molecule has 0 unspecified atom stereocenters. The van der Waals surface area contributed by atoms with Crippen LogP contribution in [-0.2, 0) is 0 Å². The molecule has 2 aromatic rings. The summed E-state index contributed by atoms with van der Waals surface area (Å²) >= 11 is 0. The van der Waals surface area contributed by atoms with Gasteiger partial charge in [0, 0.05) is 6.54 Å². The number of nitrogen functional groups attached to an aromatic ring is 1. The first kappa shape index (κ1) is 8.70. The number of hydroxylamine groups is 1. The van der Waals surface area contributed by atoms with Crippen molar-refractivity contribution >= 4 is 22.9 Å². The van der Waals surface area contributed by atoms with E-state index in [4.69, 9.17) is 5.73 Å². The minimum absolute atomic E-state index is 0.315. The molecular formula is C7H10N6O. The first-order valence-corrected chi connectivity index (χ1v) is 4.15. The Bertz CT molecular complexity index is 452. The average Bonchev–Trinajstić information content (AvgIpc) is 2.62. The maximum absolute atomic E-state index is 9.37. The Labute approximate surface area is 79.6 Å². The van der Waals surface area contributed by atoms with Gasteiger partial charge in [-0.1, -0.05) is 0 Å². The van der Waals surface area contributed by atoms with Crippen molar-refractivity contribution in [2.24, 2.45) is 0 Å². The van der Waals surface area contributed by atoms with Crippen LogP contribution in [0.3, 0.4) is 0 Å². The fourth-order valence-corrected chi connectivity index (χ4v) is 1.11. The lowest BCUT2D eigenvalue weighted by Gasteiger charge is -2.08. The Morgan fingerprint density at radius 1 is 1.57 bits per heavy atom. The molecular weight excluding hydrogens is 184 g/mol. The van der Waals surface area contributed by atoms with Gasteiger partial charge in [0.15, 0.2) is 11.5 Å². The Balaban J connectivity index is 2.56. The number of aromatic nitrogens is 4. The van der Waals surface area contributed by atoms with E-state index in [9.17, 15) is 5.21 Å². The lowest BCUT2D eigenvalue weighted by atomic mass is 10.5. The topological polar surface area (TPSA) is 104 Å². The summed E-state index contributed by atoms with van der Waals surface area (Å²) in [6.45, 7) is 2.22. The van der Waals surface area contributed by atoms with Gasteiger partial charge >= 0.3 is 0 Å². The third-order valence-corrected chi connectivity index (χ3v) is 1.85. The lowest BCUT2D eigenvalue weighted by Crippen LogP contribution is -2.17. The highest BCUT2D eigenvalue weighted by Crippen LogP contribution is 2.17. The Kier molecular flexibility index (Phi) is 1.93. The Hall–Kier alpha value is -1.89. The first-order valence-electron chi connectivity index (χ1n) is 4.15. The van der Waals surface area contributed by atoms with E-state index in [1.807, 2.05) is 0 Å². The van der Waals surface area contributed by atoms with Crippen molar-refractivity contribution in [3.63, 3.8) is 0 Å². The van der Waals surface area contributed by atoms with Gasteiger partial charge in [-0.15, -0.1) is 0 Å². The second kappa shape index (κ2) is 3.11. The number of nitrogens with one attached hydrogen (secondary N) is 1. The first-order chi connectivity index (χ1) is 6.72. The van der Waals surface area contributed by atoms with Crippen molar-refractivity contribution in [3.05, 3.63) is 6.33 Å². The smallest absolute Gasteiger partial charge is 0.229 e. The molecule has 2 aromatic heterocycles. The molecule has 0 spiro atoms. The molecule has 0 bridgehead atoms. The van der Waals surface area contributed by atoms with Gasteiger partial charge in [0.1, 0.15) is 11.8 Å². The van der Waals surface area contributed by atoms with Gasteiger partial charge in [0.2, 0.25) is 5.95 Å². The number of nitrogens with two attached hydrogens (primary N) is 1. The van der Waals surface area contributed by atoms with E-state index in [1.54, 1.807) is 6.92 Å². The van der Waals surface area contributed by atoms with Crippen molar-refractivity contribution in [2.75, 3.05) is 17.3 Å². The van der Waals surface area contributed by atoms with E-state index in [0.29, 0.717) is 29.5 Å². The van der Waals surface area contributed by atoms with Crippen LogP contribution in [0.5, 0.6) is 0 Å². The molecule has 74 valence electrons. The predicted molar refractivity (Wildman–Crippen MR) is 50.9 cm³/mol. The van der Waals surface area contributed by atoms with Crippen molar-refractivity contribution in [3.8, 4) is 0 Å². The van der Waals surface area contributed by atoms with Gasteiger partial charge in [-0.05, 0) is 6.92 Å². The number of nitrogens with zero attached hydrogens (tertiary/aromatic N) is 4. The minimum atomic E-state index is 0.315. The molecule has 0 aliphatic rings. The predicted octanol–water partition coefficient (Wildman–Crippen LogP) is 0.151. The lowest BCUT2D eigenvalue weighted by molar-refractivity contribution is 0.254. The summed E-state index contributed by atoms with van der Waals surface area (Å²) in [5.41, 5.74) is 6.57. The summed E-state index contributed by atoms with van der Waals surface area (Å²) in [7, 11) is 0. The molecule has 0 radical (unpaired) electrons. The monoisotopic (exact) mass is 194 g/mol. The number of H-pyrrole nitrogens is 1. The van der Waals surface area contributed by atoms with Gasteiger partial charge < -0.3 is 10.7 Å². The summed E-state index contributed by atoms with van der Waals surface area (Å²) in [6.07, 6.45) is 1.33. The number of imidazole rings is 1. The van der Waals surface area contributed by atoms with Crippen LogP contribution in [0, 0.1) is 0 Å². The third kappa shape index (κ3) is 1.23. The van der Waals surface area contributed by atoms with Crippen LogP contribution in [0.4, 0.5) is 11.8 Å². The number of aromatic amines is 1. The van der Waals surface area contributed by atoms with E-state index >= 15 is 0 Å². The van der Waals surface area contributed by atoms with E-state index in [1.165, 1.54) is 6.33 Å². The van der Waals surface area contributed by atoms with Crippen LogP contribution in [0.1, 0.15) is 6.92 Å². The number of hydrogen-bond acceptors (Lipinski definition) is 6. The molecule has 0 saturated carbocycles. The van der Waals surface area contributed by atoms with E-state index in [-0.39, 0.29) is 0 Å². The zero-order valence-electron chi connectivity index (χ0n) is 7.60. The number of anilines is 2. The maximum Gasteiger partial charge on any atom is 0.229 e. The molecule has 0 aromatic carbocycles. The van der Waals surface area contributed by atoms with Gasteiger partial charge in [-0.25, -0.2) is 15.0 Å². The SMILES string of the molecule is CCN(O)c1nc2ncnc(N)c2[nH]1. The molecule has 4 N–H and O–H groups in total. The van der Waals surface area contributed by atoms with Crippen LogP contribution in [0.25, 0.3) is 11.2 Å².